The largest absolute Gasteiger partial charge is 0.313 e. The Kier molecular flexibility index (Phi) is 7.35. The first-order chi connectivity index (χ1) is 9.86. The summed E-state index contributed by atoms with van der Waals surface area (Å²) in [5.41, 5.74) is 2.15. The SMILES string of the molecule is CCCNCc1cc(S(=O)(=O)NCCC(C)C)ccc1C. The Balaban J connectivity index is 2.79. The summed E-state index contributed by atoms with van der Waals surface area (Å²) in [6.07, 6.45) is 1.91. The topological polar surface area (TPSA) is 58.2 Å². The molecule has 0 atom stereocenters. The van der Waals surface area contributed by atoms with E-state index in [1.165, 1.54) is 0 Å². The van der Waals surface area contributed by atoms with E-state index in [2.05, 4.69) is 30.8 Å². The van der Waals surface area contributed by atoms with Gasteiger partial charge in [0.25, 0.3) is 0 Å². The van der Waals surface area contributed by atoms with Gasteiger partial charge < -0.3 is 5.32 Å². The Morgan fingerprint density at radius 3 is 2.52 bits per heavy atom. The van der Waals surface area contributed by atoms with E-state index in [-0.39, 0.29) is 0 Å². The average molecular weight is 312 g/mol. The van der Waals surface area contributed by atoms with Gasteiger partial charge in [-0.2, -0.15) is 0 Å². The molecule has 2 N–H and O–H groups in total. The van der Waals surface area contributed by atoms with Gasteiger partial charge in [-0.15, -0.1) is 0 Å². The molecule has 0 aliphatic heterocycles. The summed E-state index contributed by atoms with van der Waals surface area (Å²) < 4.78 is 27.2. The Bertz CT molecular complexity index is 539. The fourth-order valence-corrected chi connectivity index (χ4v) is 3.07. The average Bonchev–Trinajstić information content (AvgIpc) is 2.40. The molecular formula is C16H28N2O2S. The van der Waals surface area contributed by atoms with Crippen molar-refractivity contribution in [3.63, 3.8) is 0 Å². The van der Waals surface area contributed by atoms with Crippen LogP contribution in [0.5, 0.6) is 0 Å². The molecule has 1 aromatic carbocycles. The van der Waals surface area contributed by atoms with E-state index in [4.69, 9.17) is 0 Å². The highest BCUT2D eigenvalue weighted by molar-refractivity contribution is 7.89. The molecule has 4 nitrogen and oxygen atoms in total. The zero-order chi connectivity index (χ0) is 15.9. The van der Waals surface area contributed by atoms with E-state index in [1.807, 2.05) is 13.0 Å². The van der Waals surface area contributed by atoms with Crippen molar-refractivity contribution < 1.29 is 8.42 Å². The van der Waals surface area contributed by atoms with Crippen LogP contribution < -0.4 is 10.0 Å². The predicted molar refractivity (Wildman–Crippen MR) is 87.8 cm³/mol. The minimum absolute atomic E-state index is 0.352. The molecule has 0 unspecified atom stereocenters. The first kappa shape index (κ1) is 18.1. The third-order valence-electron chi connectivity index (χ3n) is 3.39. The highest BCUT2D eigenvalue weighted by atomic mass is 32.2. The summed E-state index contributed by atoms with van der Waals surface area (Å²) >= 11 is 0. The second kappa shape index (κ2) is 8.51. The van der Waals surface area contributed by atoms with E-state index in [9.17, 15) is 8.42 Å². The molecule has 0 saturated heterocycles. The van der Waals surface area contributed by atoms with Crippen molar-refractivity contribution in [2.45, 2.75) is 52.0 Å². The Morgan fingerprint density at radius 1 is 1.19 bits per heavy atom. The minimum Gasteiger partial charge on any atom is -0.313 e. The fraction of sp³-hybridized carbons (Fsp3) is 0.625. The summed E-state index contributed by atoms with van der Waals surface area (Å²) in [5.74, 6) is 0.486. The molecule has 0 amide bonds. The lowest BCUT2D eigenvalue weighted by atomic mass is 10.1. The standard InChI is InChI=1S/C16H28N2O2S/c1-5-9-17-12-15-11-16(7-6-14(15)4)21(19,20)18-10-8-13(2)3/h6-7,11,13,17-18H,5,8-10,12H2,1-4H3. The predicted octanol–water partition coefficient (Wildman–Crippen LogP) is 2.82. The van der Waals surface area contributed by atoms with Crippen LogP contribution in [0.1, 0.15) is 44.7 Å². The molecule has 0 bridgehead atoms. The molecule has 0 fully saturated rings. The molecule has 0 heterocycles. The van der Waals surface area contributed by atoms with E-state index < -0.39 is 10.0 Å². The molecule has 0 spiro atoms. The molecule has 1 rings (SSSR count). The first-order valence-corrected chi connectivity index (χ1v) is 9.15. The van der Waals surface area contributed by atoms with Crippen LogP contribution in [0.4, 0.5) is 0 Å². The highest BCUT2D eigenvalue weighted by Gasteiger charge is 2.14. The molecule has 0 aliphatic rings. The molecule has 0 saturated carbocycles. The van der Waals surface area contributed by atoms with Gasteiger partial charge in [0.15, 0.2) is 0 Å². The molecule has 1 aromatic rings. The highest BCUT2D eigenvalue weighted by Crippen LogP contribution is 2.16. The summed E-state index contributed by atoms with van der Waals surface area (Å²) in [5, 5.41) is 3.31. The van der Waals surface area contributed by atoms with Gasteiger partial charge in [-0.1, -0.05) is 26.8 Å². The lowest BCUT2D eigenvalue weighted by Gasteiger charge is -2.12. The smallest absolute Gasteiger partial charge is 0.240 e. The van der Waals surface area contributed by atoms with Crippen molar-refractivity contribution >= 4 is 10.0 Å². The zero-order valence-electron chi connectivity index (χ0n) is 13.6. The second-order valence-electron chi connectivity index (χ2n) is 5.85. The summed E-state index contributed by atoms with van der Waals surface area (Å²) in [6, 6.07) is 5.33. The minimum atomic E-state index is -3.40. The number of aryl methyl sites for hydroxylation is 1. The molecule has 0 aliphatic carbocycles. The zero-order valence-corrected chi connectivity index (χ0v) is 14.4. The quantitative estimate of drug-likeness (QED) is 0.689. The molecule has 0 radical (unpaired) electrons. The third-order valence-corrected chi connectivity index (χ3v) is 4.85. The Morgan fingerprint density at radius 2 is 1.90 bits per heavy atom. The molecule has 0 aromatic heterocycles. The third kappa shape index (κ3) is 6.16. The van der Waals surface area contributed by atoms with Crippen molar-refractivity contribution in [3.05, 3.63) is 29.3 Å². The van der Waals surface area contributed by atoms with Crippen LogP contribution >= 0.6 is 0 Å². The number of benzene rings is 1. The number of hydrogen-bond acceptors (Lipinski definition) is 3. The summed E-state index contributed by atoms with van der Waals surface area (Å²) in [4.78, 5) is 0.352. The van der Waals surface area contributed by atoms with Gasteiger partial charge in [0.2, 0.25) is 10.0 Å². The van der Waals surface area contributed by atoms with Crippen LogP contribution in [0.15, 0.2) is 23.1 Å². The molecule has 21 heavy (non-hydrogen) atoms. The van der Waals surface area contributed by atoms with Crippen LogP contribution in [-0.2, 0) is 16.6 Å². The first-order valence-electron chi connectivity index (χ1n) is 7.66. The number of sulfonamides is 1. The van der Waals surface area contributed by atoms with E-state index in [0.717, 1.165) is 30.5 Å². The van der Waals surface area contributed by atoms with Gasteiger partial charge in [0.1, 0.15) is 0 Å². The number of rotatable bonds is 9. The second-order valence-corrected chi connectivity index (χ2v) is 7.61. The monoisotopic (exact) mass is 312 g/mol. The normalized spacial score (nSPS) is 12.0. The van der Waals surface area contributed by atoms with Gasteiger partial charge >= 0.3 is 0 Å². The lowest BCUT2D eigenvalue weighted by molar-refractivity contribution is 0.551. The Labute approximate surface area is 129 Å². The maximum Gasteiger partial charge on any atom is 0.240 e. The van der Waals surface area contributed by atoms with Crippen LogP contribution in [0.2, 0.25) is 0 Å². The van der Waals surface area contributed by atoms with Gasteiger partial charge in [0.05, 0.1) is 4.90 Å². The van der Waals surface area contributed by atoms with E-state index in [0.29, 0.717) is 23.9 Å². The molecule has 120 valence electrons. The lowest BCUT2D eigenvalue weighted by Crippen LogP contribution is -2.26. The number of nitrogens with one attached hydrogen (secondary N) is 2. The van der Waals surface area contributed by atoms with Crippen molar-refractivity contribution in [2.75, 3.05) is 13.1 Å². The van der Waals surface area contributed by atoms with Gasteiger partial charge in [-0.05, 0) is 55.5 Å². The summed E-state index contributed by atoms with van der Waals surface area (Å²) in [6.45, 7) is 10.4. The van der Waals surface area contributed by atoms with Crippen LogP contribution in [0.25, 0.3) is 0 Å². The van der Waals surface area contributed by atoms with Crippen molar-refractivity contribution in [1.82, 2.24) is 10.0 Å². The number of hydrogen-bond donors (Lipinski definition) is 2. The van der Waals surface area contributed by atoms with E-state index >= 15 is 0 Å². The van der Waals surface area contributed by atoms with Crippen LogP contribution in [0.3, 0.4) is 0 Å². The van der Waals surface area contributed by atoms with Gasteiger partial charge in [-0.3, -0.25) is 0 Å². The van der Waals surface area contributed by atoms with Crippen LogP contribution in [0, 0.1) is 12.8 Å². The maximum atomic E-state index is 12.3. The van der Waals surface area contributed by atoms with Gasteiger partial charge in [0, 0.05) is 13.1 Å². The maximum absolute atomic E-state index is 12.3. The van der Waals surface area contributed by atoms with Crippen molar-refractivity contribution in [1.29, 1.82) is 0 Å². The van der Waals surface area contributed by atoms with Crippen molar-refractivity contribution in [3.8, 4) is 0 Å². The Hall–Kier alpha value is -0.910. The van der Waals surface area contributed by atoms with Crippen molar-refractivity contribution in [2.24, 2.45) is 5.92 Å². The van der Waals surface area contributed by atoms with Gasteiger partial charge in [-0.25, -0.2) is 13.1 Å². The summed E-state index contributed by atoms with van der Waals surface area (Å²) in [7, 11) is -3.40. The molecular weight excluding hydrogens is 284 g/mol. The van der Waals surface area contributed by atoms with E-state index in [1.54, 1.807) is 12.1 Å². The molecule has 5 heteroatoms. The van der Waals surface area contributed by atoms with Crippen LogP contribution in [-0.4, -0.2) is 21.5 Å². The fourth-order valence-electron chi connectivity index (χ4n) is 1.97.